The lowest BCUT2D eigenvalue weighted by Gasteiger charge is -2.10. The zero-order valence-electron chi connectivity index (χ0n) is 12.8. The third-order valence-corrected chi connectivity index (χ3v) is 3.82. The third kappa shape index (κ3) is 4.09. The summed E-state index contributed by atoms with van der Waals surface area (Å²) in [7, 11) is 0. The fourth-order valence-electron chi connectivity index (χ4n) is 2.55. The van der Waals surface area contributed by atoms with E-state index in [1.54, 1.807) is 24.4 Å². The molecule has 0 bridgehead atoms. The van der Waals surface area contributed by atoms with Crippen molar-refractivity contribution in [3.63, 3.8) is 0 Å². The molecule has 9 heteroatoms. The Hall–Kier alpha value is -2.45. The minimum absolute atomic E-state index is 0. The smallest absolute Gasteiger partial charge is 0.271 e. The Morgan fingerprint density at radius 1 is 1.38 bits per heavy atom. The van der Waals surface area contributed by atoms with Crippen molar-refractivity contribution >= 4 is 24.0 Å². The number of nitrogens with zero attached hydrogens (tertiary/aromatic N) is 3. The molecule has 1 amide bonds. The molecule has 2 heterocycles. The van der Waals surface area contributed by atoms with E-state index in [0.717, 1.165) is 19.4 Å². The van der Waals surface area contributed by atoms with Crippen LogP contribution in [-0.4, -0.2) is 39.7 Å². The van der Waals surface area contributed by atoms with Crippen LogP contribution in [0.3, 0.4) is 0 Å². The first-order valence-corrected chi connectivity index (χ1v) is 7.45. The largest absolute Gasteiger partial charge is 0.349 e. The molecule has 1 saturated heterocycles. The maximum atomic E-state index is 12.1. The van der Waals surface area contributed by atoms with Gasteiger partial charge in [-0.25, -0.2) is 4.68 Å². The Balaban J connectivity index is 0.00000208. The van der Waals surface area contributed by atoms with Gasteiger partial charge in [-0.3, -0.25) is 14.9 Å². The molecule has 1 unspecified atom stereocenters. The summed E-state index contributed by atoms with van der Waals surface area (Å²) in [5.74, 6) is -0.223. The molecule has 2 aromatic rings. The number of nitrogens with one attached hydrogen (secondary N) is 2. The van der Waals surface area contributed by atoms with Gasteiger partial charge in [-0.15, -0.1) is 12.4 Å². The van der Waals surface area contributed by atoms with Crippen molar-refractivity contribution in [3.8, 4) is 5.69 Å². The minimum Gasteiger partial charge on any atom is -0.349 e. The molecule has 1 aromatic carbocycles. The molecule has 1 atom stereocenters. The van der Waals surface area contributed by atoms with Gasteiger partial charge in [0.2, 0.25) is 0 Å². The van der Waals surface area contributed by atoms with Gasteiger partial charge in [0.15, 0.2) is 5.69 Å². The summed E-state index contributed by atoms with van der Waals surface area (Å²) in [6.45, 7) is 1.58. The molecule has 128 valence electrons. The van der Waals surface area contributed by atoms with E-state index in [1.165, 1.54) is 16.8 Å². The van der Waals surface area contributed by atoms with Gasteiger partial charge in [-0.2, -0.15) is 5.10 Å². The Morgan fingerprint density at radius 2 is 2.12 bits per heavy atom. The lowest BCUT2D eigenvalue weighted by Crippen LogP contribution is -2.37. The molecular formula is C15H18ClN5O3. The highest BCUT2D eigenvalue weighted by Crippen LogP contribution is 2.15. The number of rotatable bonds is 5. The molecule has 2 N–H and O–H groups in total. The molecule has 0 saturated carbocycles. The van der Waals surface area contributed by atoms with Crippen LogP contribution in [0, 0.1) is 10.1 Å². The van der Waals surface area contributed by atoms with Crippen LogP contribution in [0.2, 0.25) is 0 Å². The molecule has 3 rings (SSSR count). The monoisotopic (exact) mass is 351 g/mol. The number of halogens is 1. The molecule has 1 fully saturated rings. The summed E-state index contributed by atoms with van der Waals surface area (Å²) < 4.78 is 1.52. The van der Waals surface area contributed by atoms with Crippen LogP contribution in [0.1, 0.15) is 23.3 Å². The number of benzene rings is 1. The molecule has 24 heavy (non-hydrogen) atoms. The summed E-state index contributed by atoms with van der Waals surface area (Å²) >= 11 is 0. The minimum atomic E-state index is -0.456. The lowest BCUT2D eigenvalue weighted by atomic mass is 10.2. The Labute approximate surface area is 144 Å². The summed E-state index contributed by atoms with van der Waals surface area (Å²) in [5, 5.41) is 21.0. The SMILES string of the molecule is Cl.O=C(NCC1CCCN1)c1ccn(-c2ccc([N+](=O)[O-])cc2)n1. The van der Waals surface area contributed by atoms with E-state index in [9.17, 15) is 14.9 Å². The average Bonchev–Trinajstić information content (AvgIpc) is 3.24. The summed E-state index contributed by atoms with van der Waals surface area (Å²) in [6, 6.07) is 7.95. The maximum absolute atomic E-state index is 12.1. The molecular weight excluding hydrogens is 334 g/mol. The molecule has 0 spiro atoms. The first kappa shape index (κ1) is 17.9. The van der Waals surface area contributed by atoms with E-state index < -0.39 is 4.92 Å². The summed E-state index contributed by atoms with van der Waals surface area (Å²) in [4.78, 5) is 22.3. The molecule has 8 nitrogen and oxygen atoms in total. The van der Waals surface area contributed by atoms with Gasteiger partial charge < -0.3 is 10.6 Å². The van der Waals surface area contributed by atoms with Crippen LogP contribution < -0.4 is 10.6 Å². The van der Waals surface area contributed by atoms with Crippen LogP contribution in [-0.2, 0) is 0 Å². The van der Waals surface area contributed by atoms with E-state index >= 15 is 0 Å². The van der Waals surface area contributed by atoms with Gasteiger partial charge in [0.05, 0.1) is 10.6 Å². The van der Waals surface area contributed by atoms with Gasteiger partial charge >= 0.3 is 0 Å². The topological polar surface area (TPSA) is 102 Å². The second-order valence-corrected chi connectivity index (χ2v) is 5.42. The van der Waals surface area contributed by atoms with Crippen molar-refractivity contribution in [2.45, 2.75) is 18.9 Å². The van der Waals surface area contributed by atoms with Crippen molar-refractivity contribution in [1.82, 2.24) is 20.4 Å². The van der Waals surface area contributed by atoms with Crippen LogP contribution >= 0.6 is 12.4 Å². The predicted octanol–water partition coefficient (Wildman–Crippen LogP) is 1.68. The van der Waals surface area contributed by atoms with Crippen molar-refractivity contribution in [2.24, 2.45) is 0 Å². The molecule has 1 aliphatic heterocycles. The zero-order chi connectivity index (χ0) is 16.2. The number of non-ortho nitro benzene ring substituents is 1. The number of carbonyl (C=O) groups is 1. The Kier molecular flexibility index (Phi) is 5.88. The van der Waals surface area contributed by atoms with Crippen LogP contribution in [0.15, 0.2) is 36.5 Å². The quantitative estimate of drug-likeness (QED) is 0.630. The highest BCUT2D eigenvalue weighted by Gasteiger charge is 2.16. The van der Waals surface area contributed by atoms with Gasteiger partial charge in [0.25, 0.3) is 11.6 Å². The average molecular weight is 352 g/mol. The van der Waals surface area contributed by atoms with Crippen LogP contribution in [0.5, 0.6) is 0 Å². The van der Waals surface area contributed by atoms with Gasteiger partial charge in [0.1, 0.15) is 0 Å². The molecule has 1 aliphatic rings. The highest BCUT2D eigenvalue weighted by molar-refractivity contribution is 5.92. The fourth-order valence-corrected chi connectivity index (χ4v) is 2.55. The van der Waals surface area contributed by atoms with Crippen molar-refractivity contribution in [3.05, 3.63) is 52.3 Å². The maximum Gasteiger partial charge on any atom is 0.271 e. The molecule has 0 radical (unpaired) electrons. The first-order chi connectivity index (χ1) is 11.1. The second kappa shape index (κ2) is 7.89. The van der Waals surface area contributed by atoms with E-state index in [-0.39, 0.29) is 24.0 Å². The van der Waals surface area contributed by atoms with E-state index in [4.69, 9.17) is 0 Å². The first-order valence-electron chi connectivity index (χ1n) is 7.45. The summed E-state index contributed by atoms with van der Waals surface area (Å²) in [5.41, 5.74) is 0.997. The Morgan fingerprint density at radius 3 is 2.75 bits per heavy atom. The van der Waals surface area contributed by atoms with Gasteiger partial charge in [-0.05, 0) is 37.6 Å². The van der Waals surface area contributed by atoms with Gasteiger partial charge in [0, 0.05) is 30.9 Å². The number of nitro groups is 1. The normalized spacial score (nSPS) is 16.4. The third-order valence-electron chi connectivity index (χ3n) is 3.82. The van der Waals surface area contributed by atoms with Crippen LogP contribution in [0.25, 0.3) is 5.69 Å². The fraction of sp³-hybridized carbons (Fsp3) is 0.333. The van der Waals surface area contributed by atoms with E-state index in [1.807, 2.05) is 0 Å². The predicted molar refractivity (Wildman–Crippen MR) is 90.8 cm³/mol. The number of carbonyl (C=O) groups excluding carboxylic acids is 1. The molecule has 1 aromatic heterocycles. The number of hydrogen-bond donors (Lipinski definition) is 2. The number of amides is 1. The Bertz CT molecular complexity index is 710. The molecule has 0 aliphatic carbocycles. The number of aromatic nitrogens is 2. The van der Waals surface area contributed by atoms with Crippen molar-refractivity contribution < 1.29 is 9.72 Å². The van der Waals surface area contributed by atoms with Crippen molar-refractivity contribution in [1.29, 1.82) is 0 Å². The highest BCUT2D eigenvalue weighted by atomic mass is 35.5. The van der Waals surface area contributed by atoms with E-state index in [2.05, 4.69) is 15.7 Å². The summed E-state index contributed by atoms with van der Waals surface area (Å²) in [6.07, 6.45) is 3.86. The number of nitro benzene ring substituents is 1. The van der Waals surface area contributed by atoms with Crippen LogP contribution in [0.4, 0.5) is 5.69 Å². The number of hydrogen-bond acceptors (Lipinski definition) is 5. The lowest BCUT2D eigenvalue weighted by molar-refractivity contribution is -0.384. The van der Waals surface area contributed by atoms with Gasteiger partial charge in [-0.1, -0.05) is 0 Å². The van der Waals surface area contributed by atoms with E-state index in [0.29, 0.717) is 24.0 Å². The zero-order valence-corrected chi connectivity index (χ0v) is 13.7. The van der Waals surface area contributed by atoms with Crippen molar-refractivity contribution in [2.75, 3.05) is 13.1 Å². The second-order valence-electron chi connectivity index (χ2n) is 5.42. The standard InChI is InChI=1S/C15H17N5O3.ClH/c21-15(17-10-11-2-1-8-16-11)14-7-9-19(18-14)12-3-5-13(6-4-12)20(22)23;/h3-7,9,11,16H,1-2,8,10H2,(H,17,21);1H.